The van der Waals surface area contributed by atoms with Crippen LogP contribution < -0.4 is 15.8 Å². The topological polar surface area (TPSA) is 100 Å². The first-order chi connectivity index (χ1) is 9.54. The molecule has 112 valence electrons. The second-order valence-corrected chi connectivity index (χ2v) is 3.96. The number of hydrogen-bond donors (Lipinski definition) is 4. The molecule has 8 heteroatoms. The number of rotatable bonds is 8. The fraction of sp³-hybridized carbons (Fsp3) is 0.417. The van der Waals surface area contributed by atoms with Gasteiger partial charge in [-0.1, -0.05) is 5.16 Å². The molecule has 0 spiro atoms. The predicted molar refractivity (Wildman–Crippen MR) is 69.3 cm³/mol. The van der Waals surface area contributed by atoms with E-state index < -0.39 is 12.5 Å². The summed E-state index contributed by atoms with van der Waals surface area (Å²) in [5.41, 5.74) is 5.95. The van der Waals surface area contributed by atoms with Crippen LogP contribution in [0.25, 0.3) is 0 Å². The van der Waals surface area contributed by atoms with E-state index in [1.165, 1.54) is 0 Å². The van der Waals surface area contributed by atoms with Gasteiger partial charge in [0.1, 0.15) is 18.5 Å². The van der Waals surface area contributed by atoms with Crippen LogP contribution in [0.3, 0.4) is 0 Å². The average molecular weight is 289 g/mol. The van der Waals surface area contributed by atoms with Crippen molar-refractivity contribution in [2.45, 2.75) is 12.5 Å². The first-order valence-corrected chi connectivity index (χ1v) is 5.92. The van der Waals surface area contributed by atoms with Gasteiger partial charge < -0.3 is 26.1 Å². The van der Waals surface area contributed by atoms with Crippen molar-refractivity contribution < 1.29 is 23.8 Å². The highest BCUT2D eigenvalue weighted by atomic mass is 19.3. The van der Waals surface area contributed by atoms with Gasteiger partial charge in [-0.25, -0.2) is 8.78 Å². The minimum atomic E-state index is -2.75. The fourth-order valence-electron chi connectivity index (χ4n) is 1.36. The lowest BCUT2D eigenvalue weighted by atomic mass is 10.2. The zero-order valence-corrected chi connectivity index (χ0v) is 10.7. The minimum absolute atomic E-state index is 0.000738. The van der Waals surface area contributed by atoms with Gasteiger partial charge in [0.25, 0.3) is 6.43 Å². The van der Waals surface area contributed by atoms with Gasteiger partial charge in [-0.05, 0) is 24.3 Å². The van der Waals surface area contributed by atoms with E-state index in [-0.39, 0.29) is 19.0 Å². The van der Waals surface area contributed by atoms with Crippen LogP contribution in [0.1, 0.15) is 5.56 Å². The number of benzene rings is 1. The summed E-state index contributed by atoms with van der Waals surface area (Å²) in [4.78, 5) is 0. The summed E-state index contributed by atoms with van der Waals surface area (Å²) >= 11 is 0. The molecule has 0 radical (unpaired) electrons. The molecule has 0 aliphatic rings. The molecule has 0 aliphatic heterocycles. The molecule has 1 atom stereocenters. The van der Waals surface area contributed by atoms with Gasteiger partial charge in [-0.2, -0.15) is 0 Å². The quantitative estimate of drug-likeness (QED) is 0.182. The predicted octanol–water partition coefficient (Wildman–Crippen LogP) is 0.375. The number of alkyl halides is 2. The molecule has 0 aromatic heterocycles. The fourth-order valence-corrected chi connectivity index (χ4v) is 1.36. The first kappa shape index (κ1) is 16.1. The Morgan fingerprint density at radius 3 is 2.55 bits per heavy atom. The van der Waals surface area contributed by atoms with Crippen LogP contribution in [-0.2, 0) is 0 Å². The van der Waals surface area contributed by atoms with Crippen molar-refractivity contribution in [3.05, 3.63) is 29.8 Å². The number of nitrogens with one attached hydrogen (secondary N) is 1. The molecule has 1 rings (SSSR count). The summed E-state index contributed by atoms with van der Waals surface area (Å²) < 4.78 is 29.3. The number of nitrogens with two attached hydrogens (primary N) is 1. The second-order valence-electron chi connectivity index (χ2n) is 3.96. The molecule has 1 aromatic rings. The van der Waals surface area contributed by atoms with Crippen LogP contribution in [0.2, 0.25) is 0 Å². The molecule has 6 nitrogen and oxygen atoms in total. The van der Waals surface area contributed by atoms with Crippen LogP contribution in [0.5, 0.6) is 5.75 Å². The molecule has 1 aromatic carbocycles. The van der Waals surface area contributed by atoms with Crippen LogP contribution >= 0.6 is 0 Å². The highest BCUT2D eigenvalue weighted by Crippen LogP contribution is 2.11. The standard InChI is InChI=1S/C12H17F2N3O3/c13-11(14)10(18)7-16-5-6-20-9-3-1-8(2-4-9)12(15)17-19/h1-4,10-11,16,18-19H,5-7H2,(H2,15,17). The Labute approximate surface area is 114 Å². The highest BCUT2D eigenvalue weighted by molar-refractivity contribution is 5.97. The van der Waals surface area contributed by atoms with Crippen molar-refractivity contribution in [2.75, 3.05) is 19.7 Å². The van der Waals surface area contributed by atoms with Gasteiger partial charge in [0.05, 0.1) is 0 Å². The maximum atomic E-state index is 12.0. The Kier molecular flexibility index (Phi) is 6.68. The monoisotopic (exact) mass is 289 g/mol. The van der Waals surface area contributed by atoms with E-state index in [1.807, 2.05) is 0 Å². The molecule has 0 saturated carbocycles. The average Bonchev–Trinajstić information content (AvgIpc) is 2.46. The molecule has 0 bridgehead atoms. The second kappa shape index (κ2) is 8.28. The summed E-state index contributed by atoms with van der Waals surface area (Å²) in [6, 6.07) is 6.53. The van der Waals surface area contributed by atoms with Gasteiger partial charge in [0.2, 0.25) is 0 Å². The van der Waals surface area contributed by atoms with Crippen molar-refractivity contribution >= 4 is 5.84 Å². The Balaban J connectivity index is 2.26. The molecule has 0 heterocycles. The summed E-state index contributed by atoms with van der Waals surface area (Å²) in [5.74, 6) is 0.565. The van der Waals surface area contributed by atoms with E-state index in [0.29, 0.717) is 17.9 Å². The molecular formula is C12H17F2N3O3. The van der Waals surface area contributed by atoms with Crippen molar-refractivity contribution in [2.24, 2.45) is 10.9 Å². The number of aliphatic hydroxyl groups is 1. The van der Waals surface area contributed by atoms with E-state index in [9.17, 15) is 8.78 Å². The Hall–Kier alpha value is -1.93. The lowest BCUT2D eigenvalue weighted by Gasteiger charge is -2.11. The Morgan fingerprint density at radius 2 is 2.00 bits per heavy atom. The molecule has 0 amide bonds. The molecule has 0 fully saturated rings. The number of amidine groups is 1. The van der Waals surface area contributed by atoms with E-state index >= 15 is 0 Å². The first-order valence-electron chi connectivity index (χ1n) is 5.92. The molecule has 20 heavy (non-hydrogen) atoms. The number of oxime groups is 1. The number of halogens is 2. The van der Waals surface area contributed by atoms with Gasteiger partial charge in [-0.15, -0.1) is 0 Å². The van der Waals surface area contributed by atoms with Gasteiger partial charge >= 0.3 is 0 Å². The maximum Gasteiger partial charge on any atom is 0.265 e. The molecule has 1 unspecified atom stereocenters. The van der Waals surface area contributed by atoms with Crippen molar-refractivity contribution in [3.8, 4) is 5.75 Å². The van der Waals surface area contributed by atoms with E-state index in [2.05, 4.69) is 10.5 Å². The van der Waals surface area contributed by atoms with E-state index in [0.717, 1.165) is 0 Å². The number of aliphatic hydroxyl groups excluding tert-OH is 1. The summed E-state index contributed by atoms with van der Waals surface area (Å²) in [5, 5.41) is 22.9. The largest absolute Gasteiger partial charge is 0.492 e. The van der Waals surface area contributed by atoms with Crippen LogP contribution in [0.15, 0.2) is 29.4 Å². The van der Waals surface area contributed by atoms with Crippen molar-refractivity contribution in [3.63, 3.8) is 0 Å². The van der Waals surface area contributed by atoms with Gasteiger partial charge in [0.15, 0.2) is 5.84 Å². The van der Waals surface area contributed by atoms with E-state index in [4.69, 9.17) is 20.8 Å². The minimum Gasteiger partial charge on any atom is -0.492 e. The number of hydrogen-bond acceptors (Lipinski definition) is 5. The van der Waals surface area contributed by atoms with Crippen molar-refractivity contribution in [1.82, 2.24) is 5.32 Å². The summed E-state index contributed by atoms with van der Waals surface area (Å²) in [6.07, 6.45) is -4.43. The lowest BCUT2D eigenvalue weighted by molar-refractivity contribution is -0.00346. The highest BCUT2D eigenvalue weighted by Gasteiger charge is 2.15. The molecule has 5 N–H and O–H groups in total. The SMILES string of the molecule is N/C(=N/O)c1ccc(OCCNCC(O)C(F)F)cc1. The third-order valence-corrected chi connectivity index (χ3v) is 2.45. The summed E-state index contributed by atoms with van der Waals surface area (Å²) in [6.45, 7) is 0.397. The molecule has 0 saturated heterocycles. The van der Waals surface area contributed by atoms with Crippen molar-refractivity contribution in [1.29, 1.82) is 0 Å². The zero-order chi connectivity index (χ0) is 15.0. The Bertz CT molecular complexity index is 426. The maximum absolute atomic E-state index is 12.0. The van der Waals surface area contributed by atoms with Gasteiger partial charge in [0, 0.05) is 18.7 Å². The van der Waals surface area contributed by atoms with Gasteiger partial charge in [-0.3, -0.25) is 0 Å². The van der Waals surface area contributed by atoms with Crippen LogP contribution in [0.4, 0.5) is 8.78 Å². The van der Waals surface area contributed by atoms with Crippen LogP contribution in [-0.4, -0.2) is 48.4 Å². The molecular weight excluding hydrogens is 272 g/mol. The normalized spacial score (nSPS) is 13.5. The lowest BCUT2D eigenvalue weighted by Crippen LogP contribution is -2.34. The number of nitrogens with zero attached hydrogens (tertiary/aromatic N) is 1. The zero-order valence-electron chi connectivity index (χ0n) is 10.7. The smallest absolute Gasteiger partial charge is 0.265 e. The molecule has 0 aliphatic carbocycles. The van der Waals surface area contributed by atoms with E-state index in [1.54, 1.807) is 24.3 Å². The third-order valence-electron chi connectivity index (χ3n) is 2.45. The summed E-state index contributed by atoms with van der Waals surface area (Å²) in [7, 11) is 0. The third kappa shape index (κ3) is 5.37. The number of ether oxygens (including phenoxy) is 1. The van der Waals surface area contributed by atoms with Crippen LogP contribution in [0, 0.1) is 0 Å². The Morgan fingerprint density at radius 1 is 1.35 bits per heavy atom.